The Kier molecular flexibility index (Phi) is 4.90. The summed E-state index contributed by atoms with van der Waals surface area (Å²) >= 11 is 1.34. The third-order valence-corrected chi connectivity index (χ3v) is 4.84. The Labute approximate surface area is 154 Å². The van der Waals surface area contributed by atoms with Gasteiger partial charge < -0.3 is 22.5 Å². The number of carbonyl (C=O) groups is 2. The number of nitrogens with two attached hydrogens (primary N) is 3. The van der Waals surface area contributed by atoms with Crippen LogP contribution in [0.4, 0.5) is 16.4 Å². The van der Waals surface area contributed by atoms with E-state index in [2.05, 4.69) is 5.32 Å². The monoisotopic (exact) mass is 366 g/mol. The second kappa shape index (κ2) is 7.28. The van der Waals surface area contributed by atoms with Gasteiger partial charge in [-0.1, -0.05) is 24.3 Å². The van der Waals surface area contributed by atoms with Gasteiger partial charge in [0.2, 0.25) is 0 Å². The fourth-order valence-corrected chi connectivity index (χ4v) is 3.49. The van der Waals surface area contributed by atoms with Crippen LogP contribution in [0.15, 0.2) is 54.6 Å². The molecule has 0 unspecified atom stereocenters. The third-order valence-electron chi connectivity index (χ3n) is 3.88. The van der Waals surface area contributed by atoms with Gasteiger partial charge in [-0.2, -0.15) is 0 Å². The Morgan fingerprint density at radius 2 is 1.69 bits per heavy atom. The zero-order chi connectivity index (χ0) is 18.7. The Hall–Kier alpha value is -3.32. The SMILES string of the molecule is NC(=O)c1cc(Cc2ccc(C(=O)Nc3ccccc3N)cc2)sc1N. The molecule has 26 heavy (non-hydrogen) atoms. The molecule has 0 aliphatic rings. The lowest BCUT2D eigenvalue weighted by atomic mass is 10.1. The van der Waals surface area contributed by atoms with E-state index in [1.807, 2.05) is 18.2 Å². The van der Waals surface area contributed by atoms with Crippen molar-refractivity contribution < 1.29 is 9.59 Å². The average molecular weight is 366 g/mol. The minimum absolute atomic E-state index is 0.231. The molecule has 0 saturated carbocycles. The molecule has 3 aromatic rings. The molecule has 0 bridgehead atoms. The van der Waals surface area contributed by atoms with Crippen molar-refractivity contribution in [3.05, 3.63) is 76.2 Å². The van der Waals surface area contributed by atoms with Crippen molar-refractivity contribution in [1.29, 1.82) is 0 Å². The number of benzene rings is 2. The number of primary amides is 1. The first-order chi connectivity index (χ1) is 12.4. The number of nitrogens with one attached hydrogen (secondary N) is 1. The second-order valence-electron chi connectivity index (χ2n) is 5.77. The van der Waals surface area contributed by atoms with Gasteiger partial charge in [-0.25, -0.2) is 0 Å². The molecule has 0 spiro atoms. The van der Waals surface area contributed by atoms with Crippen LogP contribution in [0.1, 0.15) is 31.2 Å². The number of hydrogen-bond donors (Lipinski definition) is 4. The zero-order valence-corrected chi connectivity index (χ0v) is 14.7. The summed E-state index contributed by atoms with van der Waals surface area (Å²) in [7, 11) is 0. The highest BCUT2D eigenvalue weighted by Gasteiger charge is 2.12. The highest BCUT2D eigenvalue weighted by molar-refractivity contribution is 7.16. The van der Waals surface area contributed by atoms with Crippen LogP contribution in [0.2, 0.25) is 0 Å². The standard InChI is InChI=1S/C19H18N4O2S/c20-15-3-1-2-4-16(15)23-19(25)12-7-5-11(6-8-12)9-13-10-14(17(21)24)18(22)26-13/h1-8,10H,9,20,22H2,(H2,21,24)(H,23,25). The molecule has 2 amide bonds. The van der Waals surface area contributed by atoms with E-state index in [9.17, 15) is 9.59 Å². The number of thiophene rings is 1. The maximum absolute atomic E-state index is 12.3. The summed E-state index contributed by atoms with van der Waals surface area (Å²) in [5.74, 6) is -0.761. The van der Waals surface area contributed by atoms with Crippen molar-refractivity contribution in [2.75, 3.05) is 16.8 Å². The fourth-order valence-electron chi connectivity index (χ4n) is 2.52. The van der Waals surface area contributed by atoms with E-state index in [-0.39, 0.29) is 5.91 Å². The van der Waals surface area contributed by atoms with Crippen LogP contribution in [-0.2, 0) is 6.42 Å². The largest absolute Gasteiger partial charge is 0.397 e. The van der Waals surface area contributed by atoms with Gasteiger partial charge in [-0.3, -0.25) is 9.59 Å². The Morgan fingerprint density at radius 1 is 1.00 bits per heavy atom. The normalized spacial score (nSPS) is 10.5. The highest BCUT2D eigenvalue weighted by atomic mass is 32.1. The lowest BCUT2D eigenvalue weighted by Gasteiger charge is -2.08. The first kappa shape index (κ1) is 17.5. The van der Waals surface area contributed by atoms with E-state index in [0.717, 1.165) is 10.4 Å². The summed E-state index contributed by atoms with van der Waals surface area (Å²) in [6.45, 7) is 0. The van der Waals surface area contributed by atoms with Crippen molar-refractivity contribution in [3.8, 4) is 0 Å². The quantitative estimate of drug-likeness (QED) is 0.518. The molecule has 6 nitrogen and oxygen atoms in total. The van der Waals surface area contributed by atoms with Crippen molar-refractivity contribution in [3.63, 3.8) is 0 Å². The molecule has 3 rings (SSSR count). The van der Waals surface area contributed by atoms with Crippen LogP contribution in [0.3, 0.4) is 0 Å². The molecular formula is C19H18N4O2S. The van der Waals surface area contributed by atoms with Gasteiger partial charge in [-0.15, -0.1) is 11.3 Å². The summed E-state index contributed by atoms with van der Waals surface area (Å²) in [4.78, 5) is 24.5. The Morgan fingerprint density at radius 3 is 2.31 bits per heavy atom. The van der Waals surface area contributed by atoms with Crippen LogP contribution in [0.25, 0.3) is 0 Å². The second-order valence-corrected chi connectivity index (χ2v) is 6.94. The zero-order valence-electron chi connectivity index (χ0n) is 13.9. The van der Waals surface area contributed by atoms with Crippen LogP contribution < -0.4 is 22.5 Å². The average Bonchev–Trinajstić information content (AvgIpc) is 2.98. The summed E-state index contributed by atoms with van der Waals surface area (Å²) < 4.78 is 0. The van der Waals surface area contributed by atoms with Crippen molar-refractivity contribution in [1.82, 2.24) is 0 Å². The molecule has 0 aliphatic heterocycles. The Balaban J connectivity index is 1.70. The number of nitrogen functional groups attached to an aromatic ring is 2. The summed E-state index contributed by atoms with van der Waals surface area (Å²) in [5.41, 5.74) is 19.9. The number of hydrogen-bond acceptors (Lipinski definition) is 5. The number of anilines is 3. The van der Waals surface area contributed by atoms with Crippen molar-refractivity contribution >= 4 is 39.5 Å². The van der Waals surface area contributed by atoms with E-state index in [0.29, 0.717) is 33.9 Å². The lowest BCUT2D eigenvalue weighted by molar-refractivity contribution is 0.0998. The van der Waals surface area contributed by atoms with Gasteiger partial charge in [0, 0.05) is 16.9 Å². The van der Waals surface area contributed by atoms with Crippen LogP contribution in [-0.4, -0.2) is 11.8 Å². The highest BCUT2D eigenvalue weighted by Crippen LogP contribution is 2.27. The predicted molar refractivity (Wildman–Crippen MR) is 105 cm³/mol. The van der Waals surface area contributed by atoms with Gasteiger partial charge >= 0.3 is 0 Å². The third kappa shape index (κ3) is 3.84. The van der Waals surface area contributed by atoms with E-state index in [4.69, 9.17) is 17.2 Å². The van der Waals surface area contributed by atoms with E-state index in [1.54, 1.807) is 36.4 Å². The molecule has 0 atom stereocenters. The van der Waals surface area contributed by atoms with E-state index < -0.39 is 5.91 Å². The van der Waals surface area contributed by atoms with Gasteiger partial charge in [0.25, 0.3) is 11.8 Å². The molecule has 2 aromatic carbocycles. The molecule has 1 heterocycles. The van der Waals surface area contributed by atoms with Crippen molar-refractivity contribution in [2.45, 2.75) is 6.42 Å². The molecular weight excluding hydrogens is 348 g/mol. The molecule has 1 aromatic heterocycles. The van der Waals surface area contributed by atoms with Gasteiger partial charge in [0.05, 0.1) is 21.9 Å². The smallest absolute Gasteiger partial charge is 0.255 e. The number of para-hydroxylation sites is 2. The molecule has 0 fully saturated rings. The van der Waals surface area contributed by atoms with Crippen LogP contribution in [0.5, 0.6) is 0 Å². The van der Waals surface area contributed by atoms with Crippen LogP contribution in [0, 0.1) is 0 Å². The predicted octanol–water partition coefficient (Wildman–Crippen LogP) is 2.85. The van der Waals surface area contributed by atoms with E-state index >= 15 is 0 Å². The first-order valence-corrected chi connectivity index (χ1v) is 8.68. The fraction of sp³-hybridized carbons (Fsp3) is 0.0526. The summed E-state index contributed by atoms with van der Waals surface area (Å²) in [6.07, 6.45) is 0.607. The number of amides is 2. The van der Waals surface area contributed by atoms with E-state index in [1.165, 1.54) is 11.3 Å². The molecule has 0 radical (unpaired) electrons. The van der Waals surface area contributed by atoms with Gasteiger partial charge in [0.1, 0.15) is 0 Å². The van der Waals surface area contributed by atoms with Crippen LogP contribution >= 0.6 is 11.3 Å². The molecule has 132 valence electrons. The lowest BCUT2D eigenvalue weighted by Crippen LogP contribution is -2.13. The molecule has 0 saturated heterocycles. The van der Waals surface area contributed by atoms with Gasteiger partial charge in [0.15, 0.2) is 0 Å². The minimum atomic E-state index is -0.530. The van der Waals surface area contributed by atoms with Crippen molar-refractivity contribution in [2.24, 2.45) is 5.73 Å². The first-order valence-electron chi connectivity index (χ1n) is 7.87. The summed E-state index contributed by atoms with van der Waals surface area (Å²) in [6, 6.07) is 16.0. The minimum Gasteiger partial charge on any atom is -0.397 e. The Bertz CT molecular complexity index is 964. The molecule has 0 aliphatic carbocycles. The topological polar surface area (TPSA) is 124 Å². The summed E-state index contributed by atoms with van der Waals surface area (Å²) in [5, 5.41) is 3.21. The molecule has 7 N–H and O–H groups in total. The van der Waals surface area contributed by atoms with Gasteiger partial charge in [-0.05, 0) is 35.9 Å². The maximum Gasteiger partial charge on any atom is 0.255 e. The maximum atomic E-state index is 12.3. The molecule has 7 heteroatoms. The number of carbonyl (C=O) groups excluding carboxylic acids is 2. The number of rotatable bonds is 5.